The summed E-state index contributed by atoms with van der Waals surface area (Å²) in [5, 5.41) is 5.29. The summed E-state index contributed by atoms with van der Waals surface area (Å²) in [4.78, 5) is 14.7. The second-order valence-corrected chi connectivity index (χ2v) is 9.08. The van der Waals surface area contributed by atoms with E-state index in [1.54, 1.807) is 16.9 Å². The van der Waals surface area contributed by atoms with Gasteiger partial charge in [0.05, 0.1) is 11.7 Å². The second kappa shape index (κ2) is 7.52. The summed E-state index contributed by atoms with van der Waals surface area (Å²) in [5.41, 5.74) is 5.83. The number of H-pyrrole nitrogens is 1. The van der Waals surface area contributed by atoms with E-state index < -0.39 is 0 Å². The van der Waals surface area contributed by atoms with Gasteiger partial charge in [-0.05, 0) is 69.2 Å². The third-order valence-electron chi connectivity index (χ3n) is 6.88. The van der Waals surface area contributed by atoms with E-state index in [-0.39, 0.29) is 5.82 Å². The van der Waals surface area contributed by atoms with Crippen LogP contribution in [0.25, 0.3) is 44.3 Å². The first-order valence-electron chi connectivity index (χ1n) is 11.3. The molecule has 0 bridgehead atoms. The largest absolute Gasteiger partial charge is 0.345 e. The van der Waals surface area contributed by atoms with Crippen LogP contribution in [0, 0.1) is 12.7 Å². The highest BCUT2D eigenvalue weighted by Gasteiger charge is 2.24. The number of hydrogen-bond acceptors (Lipinski definition) is 4. The van der Waals surface area contributed by atoms with E-state index in [0.29, 0.717) is 11.6 Å². The third kappa shape index (κ3) is 3.24. The van der Waals surface area contributed by atoms with Crippen molar-refractivity contribution in [3.05, 3.63) is 54.6 Å². The summed E-state index contributed by atoms with van der Waals surface area (Å²) < 4.78 is 19.4. The molecule has 1 aromatic carbocycles. The van der Waals surface area contributed by atoms with Crippen molar-refractivity contribution in [1.82, 2.24) is 34.2 Å². The average Bonchev–Trinajstić information content (AvgIpc) is 3.51. The molecule has 1 aliphatic heterocycles. The molecule has 0 radical (unpaired) electrons. The number of aromatic amines is 1. The number of piperidine rings is 1. The van der Waals surface area contributed by atoms with Gasteiger partial charge in [0.1, 0.15) is 17.0 Å². The number of aromatic nitrogens is 6. The average molecular weight is 444 g/mol. The number of imidazole rings is 1. The third-order valence-corrected chi connectivity index (χ3v) is 6.88. The van der Waals surface area contributed by atoms with Gasteiger partial charge in [0.15, 0.2) is 5.82 Å². The molecule has 1 aliphatic rings. The maximum atomic E-state index is 15.4. The Labute approximate surface area is 190 Å². The number of fused-ring (bicyclic) bond motifs is 2. The van der Waals surface area contributed by atoms with E-state index in [9.17, 15) is 0 Å². The summed E-state index contributed by atoms with van der Waals surface area (Å²) in [6.07, 6.45) is 9.60. The quantitative estimate of drug-likeness (QED) is 0.439. The van der Waals surface area contributed by atoms with E-state index >= 15 is 4.39 Å². The molecule has 0 unspecified atom stereocenters. The number of likely N-dealkylation sites (tertiary alicyclic amines) is 1. The van der Waals surface area contributed by atoms with Crippen LogP contribution >= 0.6 is 0 Å². The molecule has 8 heteroatoms. The fourth-order valence-corrected chi connectivity index (χ4v) is 5.22. The highest BCUT2D eigenvalue weighted by Crippen LogP contribution is 2.38. The zero-order valence-corrected chi connectivity index (χ0v) is 19.0. The molecule has 6 rings (SSSR count). The van der Waals surface area contributed by atoms with Gasteiger partial charge in [-0.15, -0.1) is 0 Å². The molecule has 1 fully saturated rings. The Kier molecular flexibility index (Phi) is 4.58. The number of hydrogen-bond donors (Lipinski definition) is 1. The van der Waals surface area contributed by atoms with E-state index in [2.05, 4.69) is 42.6 Å². The minimum Gasteiger partial charge on any atom is -0.345 e. The number of pyridine rings is 1. The lowest BCUT2D eigenvalue weighted by Gasteiger charge is -2.31. The van der Waals surface area contributed by atoms with Crippen LogP contribution in [0.2, 0.25) is 0 Å². The van der Waals surface area contributed by atoms with Crippen LogP contribution in [0.1, 0.15) is 24.7 Å². The van der Waals surface area contributed by atoms with Crippen molar-refractivity contribution in [3.8, 4) is 22.3 Å². The topological polar surface area (TPSA) is 67.6 Å². The molecule has 0 spiro atoms. The van der Waals surface area contributed by atoms with Crippen LogP contribution in [-0.4, -0.2) is 54.3 Å². The lowest BCUT2D eigenvalue weighted by Crippen LogP contribution is -2.31. The molecular formula is C25H26FN7. The molecule has 5 aromatic rings. The van der Waals surface area contributed by atoms with Crippen molar-refractivity contribution in [1.29, 1.82) is 0 Å². The first-order chi connectivity index (χ1) is 16.0. The summed E-state index contributed by atoms with van der Waals surface area (Å²) in [7, 11) is 4.05. The number of nitrogens with one attached hydrogen (secondary N) is 1. The highest BCUT2D eigenvalue weighted by molar-refractivity contribution is 6.04. The Bertz CT molecular complexity index is 1480. The van der Waals surface area contributed by atoms with Crippen molar-refractivity contribution in [2.24, 2.45) is 7.05 Å². The van der Waals surface area contributed by atoms with Crippen molar-refractivity contribution >= 4 is 22.1 Å². The first kappa shape index (κ1) is 20.1. The predicted molar refractivity (Wildman–Crippen MR) is 127 cm³/mol. The van der Waals surface area contributed by atoms with Gasteiger partial charge in [0.2, 0.25) is 0 Å². The predicted octanol–water partition coefficient (Wildman–Crippen LogP) is 4.69. The Balaban J connectivity index is 1.55. The van der Waals surface area contributed by atoms with Crippen molar-refractivity contribution < 1.29 is 4.39 Å². The standard InChI is InChI=1S/C25H26FN7/c1-15-30-24-21(26)10-16(11-22(24)33(15)18-5-8-31(2)9-6-18)20-13-28-25-23(20)19(4-7-27-25)17-12-29-32(3)14-17/h4,7,10-14,18H,5-6,8-9H2,1-3H3,(H,27,28). The molecular weight excluding hydrogens is 417 g/mol. The molecule has 33 heavy (non-hydrogen) atoms. The van der Waals surface area contributed by atoms with Crippen LogP contribution in [-0.2, 0) is 7.05 Å². The maximum Gasteiger partial charge on any atom is 0.151 e. The van der Waals surface area contributed by atoms with Gasteiger partial charge in [-0.3, -0.25) is 4.68 Å². The number of halogens is 1. The van der Waals surface area contributed by atoms with Crippen LogP contribution in [0.15, 0.2) is 43.0 Å². The Morgan fingerprint density at radius 3 is 2.67 bits per heavy atom. The van der Waals surface area contributed by atoms with Crippen molar-refractivity contribution in [2.45, 2.75) is 25.8 Å². The fourth-order valence-electron chi connectivity index (χ4n) is 5.22. The van der Waals surface area contributed by atoms with Gasteiger partial charge < -0.3 is 14.5 Å². The van der Waals surface area contributed by atoms with E-state index in [4.69, 9.17) is 0 Å². The minimum atomic E-state index is -0.293. The zero-order valence-electron chi connectivity index (χ0n) is 19.0. The van der Waals surface area contributed by atoms with Gasteiger partial charge in [0, 0.05) is 48.2 Å². The molecule has 168 valence electrons. The SMILES string of the molecule is Cc1nc2c(F)cc(-c3c[nH]c4nccc(-c5cnn(C)c5)c34)cc2n1C1CCN(C)CC1. The van der Waals surface area contributed by atoms with Crippen molar-refractivity contribution in [3.63, 3.8) is 0 Å². The first-order valence-corrected chi connectivity index (χ1v) is 11.3. The Morgan fingerprint density at radius 1 is 1.09 bits per heavy atom. The number of benzene rings is 1. The molecule has 7 nitrogen and oxygen atoms in total. The smallest absolute Gasteiger partial charge is 0.151 e. The molecule has 1 N–H and O–H groups in total. The Morgan fingerprint density at radius 2 is 1.91 bits per heavy atom. The number of rotatable bonds is 3. The Hall–Kier alpha value is -3.52. The van der Waals surface area contributed by atoms with Gasteiger partial charge in [-0.1, -0.05) is 0 Å². The molecule has 5 heterocycles. The molecule has 0 aliphatic carbocycles. The van der Waals surface area contributed by atoms with E-state index in [1.807, 2.05) is 38.6 Å². The van der Waals surface area contributed by atoms with Gasteiger partial charge in [-0.25, -0.2) is 14.4 Å². The van der Waals surface area contributed by atoms with Crippen LogP contribution in [0.4, 0.5) is 4.39 Å². The van der Waals surface area contributed by atoms with E-state index in [1.165, 1.54) is 0 Å². The molecule has 0 atom stereocenters. The normalized spacial score (nSPS) is 15.8. The van der Waals surface area contributed by atoms with Gasteiger partial charge >= 0.3 is 0 Å². The summed E-state index contributed by atoms with van der Waals surface area (Å²) in [6.45, 7) is 4.05. The molecule has 0 amide bonds. The number of nitrogens with zero attached hydrogens (tertiary/aromatic N) is 6. The van der Waals surface area contributed by atoms with Crippen molar-refractivity contribution in [2.75, 3.05) is 20.1 Å². The van der Waals surface area contributed by atoms with Gasteiger partial charge in [0.25, 0.3) is 0 Å². The number of aryl methyl sites for hydroxylation is 2. The van der Waals surface area contributed by atoms with Crippen LogP contribution in [0.5, 0.6) is 0 Å². The fraction of sp³-hybridized carbons (Fsp3) is 0.320. The lowest BCUT2D eigenvalue weighted by atomic mass is 9.99. The highest BCUT2D eigenvalue weighted by atomic mass is 19.1. The lowest BCUT2D eigenvalue weighted by molar-refractivity contribution is 0.222. The summed E-state index contributed by atoms with van der Waals surface area (Å²) in [6, 6.07) is 5.99. The van der Waals surface area contributed by atoms with Crippen LogP contribution < -0.4 is 0 Å². The van der Waals surface area contributed by atoms with E-state index in [0.717, 1.165) is 70.6 Å². The zero-order chi connectivity index (χ0) is 22.7. The maximum absolute atomic E-state index is 15.4. The molecule has 0 saturated carbocycles. The van der Waals surface area contributed by atoms with Gasteiger partial charge in [-0.2, -0.15) is 5.10 Å². The summed E-state index contributed by atoms with van der Waals surface area (Å²) >= 11 is 0. The van der Waals surface area contributed by atoms with Crippen LogP contribution in [0.3, 0.4) is 0 Å². The molecule has 1 saturated heterocycles. The molecule has 4 aromatic heterocycles. The monoisotopic (exact) mass is 443 g/mol. The minimum absolute atomic E-state index is 0.293. The second-order valence-electron chi connectivity index (χ2n) is 9.08. The summed E-state index contributed by atoms with van der Waals surface area (Å²) in [5.74, 6) is 0.575.